The van der Waals surface area contributed by atoms with E-state index in [1.807, 2.05) is 24.3 Å². The molecule has 0 saturated carbocycles. The van der Waals surface area contributed by atoms with Crippen molar-refractivity contribution in [3.8, 4) is 5.75 Å². The number of halogens is 3. The minimum Gasteiger partial charge on any atom is -0.508 e. The van der Waals surface area contributed by atoms with Gasteiger partial charge in [-0.25, -0.2) is 13.2 Å². The van der Waals surface area contributed by atoms with Gasteiger partial charge in [-0.05, 0) is 59.9 Å². The monoisotopic (exact) mass is 465 g/mol. The molecule has 176 valence electrons. The molecule has 1 saturated heterocycles. The number of anilines is 1. The molecule has 0 aromatic heterocycles. The van der Waals surface area contributed by atoms with Crippen LogP contribution in [0.3, 0.4) is 0 Å². The van der Waals surface area contributed by atoms with Crippen LogP contribution in [0.5, 0.6) is 5.75 Å². The summed E-state index contributed by atoms with van der Waals surface area (Å²) in [4.78, 5) is 13.3. The van der Waals surface area contributed by atoms with Crippen molar-refractivity contribution in [2.45, 2.75) is 37.0 Å². The molecule has 5 rings (SSSR count). The average molecular weight is 466 g/mol. The summed E-state index contributed by atoms with van der Waals surface area (Å²) in [6.45, 7) is 1.58. The second-order valence-electron chi connectivity index (χ2n) is 9.34. The van der Waals surface area contributed by atoms with Crippen molar-refractivity contribution in [1.82, 2.24) is 0 Å². The second-order valence-corrected chi connectivity index (χ2v) is 9.34. The molecular weight excluding hydrogens is 439 g/mol. The van der Waals surface area contributed by atoms with Gasteiger partial charge in [-0.15, -0.1) is 0 Å². The number of aromatic hydroxyl groups is 1. The fraction of sp³-hybridized carbons (Fsp3) is 0.321. The lowest BCUT2D eigenvalue weighted by molar-refractivity contribution is -0.111. The standard InChI is InChI=1S/C28H26F3NO2/c29-26-4-2-1-3-22(26)24-16-28(30,31)25-15-21(34)9-10-23(25)27(24)19-5-7-20(8-6-19)32-13-11-18(17-33)12-14-32/h1-10,15,17-18,24,27,34H,11-14,16H2/t24-,27-/m0/s1. The van der Waals surface area contributed by atoms with Crippen LogP contribution >= 0.6 is 0 Å². The Balaban J connectivity index is 1.55. The Labute approximate surface area is 196 Å². The summed E-state index contributed by atoms with van der Waals surface area (Å²) in [5, 5.41) is 9.90. The Hall–Kier alpha value is -3.28. The third-order valence-electron chi connectivity index (χ3n) is 7.30. The van der Waals surface area contributed by atoms with E-state index in [9.17, 15) is 14.3 Å². The van der Waals surface area contributed by atoms with Crippen LogP contribution in [0.15, 0.2) is 66.7 Å². The molecule has 0 spiro atoms. The predicted octanol–water partition coefficient (Wildman–Crippen LogP) is 6.36. The number of benzene rings is 3. The second kappa shape index (κ2) is 8.82. The molecule has 3 nitrogen and oxygen atoms in total. The summed E-state index contributed by atoms with van der Waals surface area (Å²) in [5.41, 5.74) is 2.31. The molecule has 0 unspecified atom stereocenters. The Morgan fingerprint density at radius 1 is 0.941 bits per heavy atom. The molecule has 2 aliphatic rings. The molecule has 0 radical (unpaired) electrons. The predicted molar refractivity (Wildman–Crippen MR) is 125 cm³/mol. The van der Waals surface area contributed by atoms with E-state index in [1.54, 1.807) is 18.2 Å². The van der Waals surface area contributed by atoms with Gasteiger partial charge in [0, 0.05) is 48.5 Å². The zero-order chi connectivity index (χ0) is 23.9. The highest BCUT2D eigenvalue weighted by molar-refractivity contribution is 5.56. The van der Waals surface area contributed by atoms with Crippen molar-refractivity contribution >= 4 is 12.0 Å². The summed E-state index contributed by atoms with van der Waals surface area (Å²) in [5.74, 6) is -5.04. The highest BCUT2D eigenvalue weighted by Crippen LogP contribution is 2.55. The first-order valence-electron chi connectivity index (χ1n) is 11.6. The van der Waals surface area contributed by atoms with E-state index < -0.39 is 30.0 Å². The van der Waals surface area contributed by atoms with Crippen LogP contribution in [0.25, 0.3) is 0 Å². The fourth-order valence-electron chi connectivity index (χ4n) is 5.52. The molecule has 6 heteroatoms. The summed E-state index contributed by atoms with van der Waals surface area (Å²) in [6, 6.07) is 18.0. The van der Waals surface area contributed by atoms with E-state index in [0.29, 0.717) is 5.56 Å². The van der Waals surface area contributed by atoms with E-state index in [-0.39, 0.29) is 22.8 Å². The molecule has 3 aromatic rings. The van der Waals surface area contributed by atoms with Crippen molar-refractivity contribution in [2.75, 3.05) is 18.0 Å². The van der Waals surface area contributed by atoms with E-state index in [0.717, 1.165) is 49.5 Å². The topological polar surface area (TPSA) is 40.5 Å². The molecule has 2 atom stereocenters. The van der Waals surface area contributed by atoms with Gasteiger partial charge in [0.25, 0.3) is 5.92 Å². The van der Waals surface area contributed by atoms with Crippen LogP contribution < -0.4 is 4.90 Å². The summed E-state index contributed by atoms with van der Waals surface area (Å²) in [6.07, 6.45) is 2.11. The largest absolute Gasteiger partial charge is 0.508 e. The smallest absolute Gasteiger partial charge is 0.274 e. The van der Waals surface area contributed by atoms with Gasteiger partial charge in [0.05, 0.1) is 0 Å². The van der Waals surface area contributed by atoms with Crippen LogP contribution in [0.2, 0.25) is 0 Å². The third kappa shape index (κ3) is 4.06. The van der Waals surface area contributed by atoms with Crippen molar-refractivity contribution in [1.29, 1.82) is 0 Å². The first kappa shape index (κ1) is 22.5. The van der Waals surface area contributed by atoms with Gasteiger partial charge in [-0.2, -0.15) is 0 Å². The lowest BCUT2D eigenvalue weighted by atomic mass is 9.67. The Bertz CT molecular complexity index is 1190. The fourth-order valence-corrected chi connectivity index (χ4v) is 5.52. The number of fused-ring (bicyclic) bond motifs is 1. The zero-order valence-electron chi connectivity index (χ0n) is 18.6. The van der Waals surface area contributed by atoms with E-state index >= 15 is 8.78 Å². The van der Waals surface area contributed by atoms with E-state index in [4.69, 9.17) is 0 Å². The van der Waals surface area contributed by atoms with Crippen molar-refractivity contribution < 1.29 is 23.1 Å². The molecule has 1 fully saturated rings. The van der Waals surface area contributed by atoms with Gasteiger partial charge < -0.3 is 14.8 Å². The summed E-state index contributed by atoms with van der Waals surface area (Å²) >= 11 is 0. The Morgan fingerprint density at radius 2 is 1.65 bits per heavy atom. The summed E-state index contributed by atoms with van der Waals surface area (Å²) in [7, 11) is 0. The van der Waals surface area contributed by atoms with Crippen LogP contribution in [-0.2, 0) is 10.7 Å². The van der Waals surface area contributed by atoms with Crippen LogP contribution in [0.4, 0.5) is 18.9 Å². The molecule has 1 aliphatic carbocycles. The normalized spacial score (nSPS) is 22.3. The first-order valence-corrected chi connectivity index (χ1v) is 11.6. The zero-order valence-corrected chi connectivity index (χ0v) is 18.6. The number of aldehydes is 1. The molecular formula is C28H26F3NO2. The molecule has 3 aromatic carbocycles. The molecule has 1 N–H and O–H groups in total. The number of hydrogen-bond donors (Lipinski definition) is 1. The number of carbonyl (C=O) groups is 1. The van der Waals surface area contributed by atoms with Crippen molar-refractivity contribution in [3.05, 3.63) is 94.8 Å². The van der Waals surface area contributed by atoms with Gasteiger partial charge in [-0.3, -0.25) is 0 Å². The maximum absolute atomic E-state index is 15.2. The maximum atomic E-state index is 15.2. The number of phenols is 1. The van der Waals surface area contributed by atoms with Gasteiger partial charge >= 0.3 is 0 Å². The number of phenolic OH excluding ortho intramolecular Hbond substituents is 1. The number of piperidine rings is 1. The molecule has 1 aliphatic heterocycles. The van der Waals surface area contributed by atoms with Crippen LogP contribution in [0, 0.1) is 11.7 Å². The van der Waals surface area contributed by atoms with E-state index in [1.165, 1.54) is 18.2 Å². The molecule has 34 heavy (non-hydrogen) atoms. The Morgan fingerprint density at radius 3 is 2.32 bits per heavy atom. The highest BCUT2D eigenvalue weighted by atomic mass is 19.3. The number of hydrogen-bond acceptors (Lipinski definition) is 3. The minimum absolute atomic E-state index is 0.105. The van der Waals surface area contributed by atoms with Gasteiger partial charge in [0.2, 0.25) is 0 Å². The Kier molecular flexibility index (Phi) is 5.84. The average Bonchev–Trinajstić information content (AvgIpc) is 2.85. The van der Waals surface area contributed by atoms with Crippen molar-refractivity contribution in [3.63, 3.8) is 0 Å². The summed E-state index contributed by atoms with van der Waals surface area (Å²) < 4.78 is 45.3. The lowest BCUT2D eigenvalue weighted by Gasteiger charge is -2.39. The quantitative estimate of drug-likeness (QED) is 0.456. The highest BCUT2D eigenvalue weighted by Gasteiger charge is 2.47. The molecule has 1 heterocycles. The van der Waals surface area contributed by atoms with Crippen LogP contribution in [0.1, 0.15) is 53.4 Å². The number of rotatable bonds is 4. The van der Waals surface area contributed by atoms with Crippen molar-refractivity contribution in [2.24, 2.45) is 5.92 Å². The number of carbonyl (C=O) groups excluding carboxylic acids is 1. The van der Waals surface area contributed by atoms with Gasteiger partial charge in [0.15, 0.2) is 0 Å². The van der Waals surface area contributed by atoms with Gasteiger partial charge in [-0.1, -0.05) is 36.4 Å². The van der Waals surface area contributed by atoms with Crippen LogP contribution in [-0.4, -0.2) is 24.5 Å². The minimum atomic E-state index is -3.19. The number of alkyl halides is 2. The van der Waals surface area contributed by atoms with Gasteiger partial charge in [0.1, 0.15) is 17.9 Å². The maximum Gasteiger partial charge on any atom is 0.274 e. The third-order valence-corrected chi connectivity index (χ3v) is 7.30. The molecule has 0 bridgehead atoms. The number of nitrogens with zero attached hydrogens (tertiary/aromatic N) is 1. The lowest BCUT2D eigenvalue weighted by Crippen LogP contribution is -2.34. The molecule has 0 amide bonds. The van der Waals surface area contributed by atoms with E-state index in [2.05, 4.69) is 4.90 Å². The SMILES string of the molecule is O=CC1CCN(c2ccc([C@H]3c4ccc(O)cc4C(F)(F)C[C@H]3c3ccccc3F)cc2)CC1. The first-order chi connectivity index (χ1) is 16.4.